The summed E-state index contributed by atoms with van der Waals surface area (Å²) in [6.07, 6.45) is 0.228. The number of unbranched alkanes of at least 4 members (excludes halogenated alkanes) is 3. The maximum Gasteiger partial charge on any atom is 0.389 e. The molecule has 21 heavy (non-hydrogen) atoms. The van der Waals surface area contributed by atoms with Crippen molar-refractivity contribution in [2.45, 2.75) is 76.6 Å². The molecule has 0 bridgehead atoms. The number of hydrogen-bond acceptors (Lipinski definition) is 3. The Labute approximate surface area is 130 Å². The SMILES string of the molecule is CCCOC(=O)C(CCC)SCCCCCCC(F)(F)F. The predicted molar refractivity (Wildman–Crippen MR) is 81.5 cm³/mol. The Hall–Kier alpha value is -0.390. The molecule has 6 heteroatoms. The molecule has 0 aromatic rings. The van der Waals surface area contributed by atoms with Gasteiger partial charge < -0.3 is 4.74 Å². The van der Waals surface area contributed by atoms with Crippen LogP contribution in [-0.2, 0) is 9.53 Å². The third-order valence-electron chi connectivity index (χ3n) is 2.94. The highest BCUT2D eigenvalue weighted by molar-refractivity contribution is 8.00. The molecule has 0 saturated carbocycles. The number of carbonyl (C=O) groups excluding carboxylic acids is 1. The van der Waals surface area contributed by atoms with Crippen molar-refractivity contribution in [1.82, 2.24) is 0 Å². The smallest absolute Gasteiger partial charge is 0.389 e. The first-order valence-corrected chi connectivity index (χ1v) is 8.80. The molecule has 0 aliphatic rings. The summed E-state index contributed by atoms with van der Waals surface area (Å²) < 4.78 is 41.0. The predicted octanol–water partition coefficient (Wildman–Crippen LogP) is 5.35. The van der Waals surface area contributed by atoms with Crippen LogP contribution in [0.5, 0.6) is 0 Å². The molecule has 0 spiro atoms. The Morgan fingerprint density at radius 2 is 1.76 bits per heavy atom. The van der Waals surface area contributed by atoms with Gasteiger partial charge in [0.1, 0.15) is 5.25 Å². The summed E-state index contributed by atoms with van der Waals surface area (Å²) in [6, 6.07) is 0. The van der Waals surface area contributed by atoms with E-state index in [0.717, 1.165) is 37.9 Å². The van der Waals surface area contributed by atoms with Gasteiger partial charge in [-0.25, -0.2) is 0 Å². The molecule has 0 aromatic carbocycles. The lowest BCUT2D eigenvalue weighted by Gasteiger charge is -2.14. The quantitative estimate of drug-likeness (QED) is 0.356. The largest absolute Gasteiger partial charge is 0.465 e. The minimum absolute atomic E-state index is 0.128. The Kier molecular flexibility index (Phi) is 12.0. The molecule has 0 aliphatic heterocycles. The summed E-state index contributed by atoms with van der Waals surface area (Å²) in [6.45, 7) is 4.44. The molecule has 0 rings (SSSR count). The third-order valence-corrected chi connectivity index (χ3v) is 4.29. The molecule has 0 amide bonds. The van der Waals surface area contributed by atoms with Crippen molar-refractivity contribution in [2.75, 3.05) is 12.4 Å². The molecule has 0 saturated heterocycles. The van der Waals surface area contributed by atoms with E-state index in [9.17, 15) is 18.0 Å². The standard InChI is InChI=1S/C15H27F3O2S/c1-3-9-13(14(19)20-11-4-2)21-12-8-6-5-7-10-15(16,17)18/h13H,3-12H2,1-2H3. The normalized spacial score (nSPS) is 13.2. The number of ether oxygens (including phenoxy) is 1. The van der Waals surface area contributed by atoms with Crippen LogP contribution < -0.4 is 0 Å². The molecule has 0 fully saturated rings. The number of halogens is 3. The van der Waals surface area contributed by atoms with E-state index in [1.54, 1.807) is 11.8 Å². The van der Waals surface area contributed by atoms with E-state index in [2.05, 4.69) is 0 Å². The van der Waals surface area contributed by atoms with Gasteiger partial charge in [0.2, 0.25) is 0 Å². The fourth-order valence-electron chi connectivity index (χ4n) is 1.83. The minimum atomic E-state index is -4.04. The van der Waals surface area contributed by atoms with Crippen LogP contribution in [0.4, 0.5) is 13.2 Å². The lowest BCUT2D eigenvalue weighted by atomic mass is 10.1. The fourth-order valence-corrected chi connectivity index (χ4v) is 3.10. The van der Waals surface area contributed by atoms with Crippen LogP contribution in [0, 0.1) is 0 Å². The molecule has 0 aliphatic carbocycles. The molecule has 2 nitrogen and oxygen atoms in total. The second-order valence-corrected chi connectivity index (χ2v) is 6.41. The molecule has 0 aromatic heterocycles. The fraction of sp³-hybridized carbons (Fsp3) is 0.933. The van der Waals surface area contributed by atoms with Gasteiger partial charge in [0, 0.05) is 6.42 Å². The molecular formula is C15H27F3O2S. The summed E-state index contributed by atoms with van der Waals surface area (Å²) in [5, 5.41) is -0.128. The molecule has 0 radical (unpaired) electrons. The van der Waals surface area contributed by atoms with Gasteiger partial charge in [0.15, 0.2) is 0 Å². The number of carbonyl (C=O) groups is 1. The number of esters is 1. The van der Waals surface area contributed by atoms with Crippen LogP contribution >= 0.6 is 11.8 Å². The van der Waals surface area contributed by atoms with E-state index >= 15 is 0 Å². The Morgan fingerprint density at radius 1 is 1.10 bits per heavy atom. The number of alkyl halides is 3. The number of rotatable bonds is 12. The van der Waals surface area contributed by atoms with Crippen molar-refractivity contribution in [1.29, 1.82) is 0 Å². The van der Waals surface area contributed by atoms with Crippen LogP contribution in [0.3, 0.4) is 0 Å². The molecule has 126 valence electrons. The maximum absolute atomic E-state index is 12.0. The van der Waals surface area contributed by atoms with Gasteiger partial charge in [-0.1, -0.05) is 33.1 Å². The van der Waals surface area contributed by atoms with Crippen molar-refractivity contribution >= 4 is 17.7 Å². The molecule has 0 heterocycles. The van der Waals surface area contributed by atoms with Gasteiger partial charge in [-0.15, -0.1) is 11.8 Å². The first-order valence-electron chi connectivity index (χ1n) is 7.75. The summed E-state index contributed by atoms with van der Waals surface area (Å²) in [7, 11) is 0. The summed E-state index contributed by atoms with van der Waals surface area (Å²) in [4.78, 5) is 11.8. The first kappa shape index (κ1) is 20.6. The average molecular weight is 328 g/mol. The van der Waals surface area contributed by atoms with Crippen LogP contribution in [0.2, 0.25) is 0 Å². The van der Waals surface area contributed by atoms with Crippen molar-refractivity contribution in [3.63, 3.8) is 0 Å². The van der Waals surface area contributed by atoms with E-state index in [0.29, 0.717) is 13.0 Å². The van der Waals surface area contributed by atoms with E-state index < -0.39 is 12.6 Å². The average Bonchev–Trinajstić information content (AvgIpc) is 2.41. The van der Waals surface area contributed by atoms with Gasteiger partial charge in [-0.3, -0.25) is 4.79 Å². The zero-order chi connectivity index (χ0) is 16.1. The summed E-state index contributed by atoms with van der Waals surface area (Å²) in [5.41, 5.74) is 0. The van der Waals surface area contributed by atoms with E-state index in [1.165, 1.54) is 0 Å². The monoisotopic (exact) mass is 328 g/mol. The second-order valence-electron chi connectivity index (χ2n) is 5.09. The second kappa shape index (κ2) is 12.2. The van der Waals surface area contributed by atoms with Crippen molar-refractivity contribution in [3.8, 4) is 0 Å². The summed E-state index contributed by atoms with van der Waals surface area (Å²) >= 11 is 1.57. The molecule has 1 atom stereocenters. The zero-order valence-electron chi connectivity index (χ0n) is 13.0. The Balaban J connectivity index is 3.71. The lowest BCUT2D eigenvalue weighted by Crippen LogP contribution is -2.21. The van der Waals surface area contributed by atoms with Crippen molar-refractivity contribution in [3.05, 3.63) is 0 Å². The van der Waals surface area contributed by atoms with Crippen LogP contribution in [0.25, 0.3) is 0 Å². The first-order chi connectivity index (χ1) is 9.90. The van der Waals surface area contributed by atoms with Gasteiger partial charge in [0.25, 0.3) is 0 Å². The Bertz CT molecular complexity index is 270. The van der Waals surface area contributed by atoms with Crippen molar-refractivity contribution in [2.24, 2.45) is 0 Å². The number of thioether (sulfide) groups is 1. The van der Waals surface area contributed by atoms with Gasteiger partial charge in [0.05, 0.1) is 6.61 Å². The van der Waals surface area contributed by atoms with Crippen LogP contribution in [0.1, 0.15) is 65.2 Å². The van der Waals surface area contributed by atoms with Crippen molar-refractivity contribution < 1.29 is 22.7 Å². The van der Waals surface area contributed by atoms with E-state index in [-0.39, 0.29) is 17.6 Å². The highest BCUT2D eigenvalue weighted by Gasteiger charge is 2.25. The maximum atomic E-state index is 12.0. The lowest BCUT2D eigenvalue weighted by molar-refractivity contribution is -0.143. The van der Waals surface area contributed by atoms with Crippen LogP contribution in [-0.4, -0.2) is 29.8 Å². The van der Waals surface area contributed by atoms with Crippen LogP contribution in [0.15, 0.2) is 0 Å². The molecule has 1 unspecified atom stereocenters. The van der Waals surface area contributed by atoms with Gasteiger partial charge >= 0.3 is 12.1 Å². The highest BCUT2D eigenvalue weighted by Crippen LogP contribution is 2.24. The zero-order valence-corrected chi connectivity index (χ0v) is 13.8. The highest BCUT2D eigenvalue weighted by atomic mass is 32.2. The third kappa shape index (κ3) is 13.0. The van der Waals surface area contributed by atoms with Gasteiger partial charge in [-0.05, 0) is 31.4 Å². The van der Waals surface area contributed by atoms with E-state index in [1.807, 2.05) is 13.8 Å². The molecule has 0 N–H and O–H groups in total. The minimum Gasteiger partial charge on any atom is -0.465 e. The van der Waals surface area contributed by atoms with E-state index in [4.69, 9.17) is 4.74 Å². The topological polar surface area (TPSA) is 26.3 Å². The number of hydrogen-bond donors (Lipinski definition) is 0. The molecular weight excluding hydrogens is 301 g/mol. The summed E-state index contributed by atoms with van der Waals surface area (Å²) in [5.74, 6) is 0.651. The van der Waals surface area contributed by atoms with Gasteiger partial charge in [-0.2, -0.15) is 13.2 Å². The Morgan fingerprint density at radius 3 is 2.33 bits per heavy atom.